The summed E-state index contributed by atoms with van der Waals surface area (Å²) in [5, 5.41) is 2.86. The number of rotatable bonds is 4. The highest BCUT2D eigenvalue weighted by atomic mass is 32.2. The molecule has 7 nitrogen and oxygen atoms in total. The molecule has 30 heavy (non-hydrogen) atoms. The van der Waals surface area contributed by atoms with Gasteiger partial charge in [0.05, 0.1) is 7.11 Å². The molecule has 158 valence electrons. The number of sulfonamides is 1. The molecule has 4 rings (SSSR count). The number of hydrogen-bond acceptors (Lipinski definition) is 5. The minimum Gasteiger partial charge on any atom is -0.497 e. The highest BCUT2D eigenvalue weighted by Gasteiger charge is 2.44. The monoisotopic (exact) mass is 435 g/mol. The minimum atomic E-state index is -4.13. The minimum absolute atomic E-state index is 0.0405. The molecule has 0 aliphatic carbocycles. The van der Waals surface area contributed by atoms with E-state index in [1.165, 1.54) is 0 Å². The first-order valence-electron chi connectivity index (χ1n) is 9.26. The van der Waals surface area contributed by atoms with Crippen LogP contribution in [0.4, 0.5) is 8.78 Å². The van der Waals surface area contributed by atoms with Gasteiger partial charge < -0.3 is 10.1 Å². The Hall–Kier alpha value is -2.85. The van der Waals surface area contributed by atoms with Gasteiger partial charge in [0.2, 0.25) is 10.0 Å². The molecule has 2 aliphatic heterocycles. The molecule has 2 aromatic carbocycles. The van der Waals surface area contributed by atoms with Crippen LogP contribution in [0, 0.1) is 11.6 Å². The molecule has 2 aromatic rings. The highest BCUT2D eigenvalue weighted by molar-refractivity contribution is 7.89. The zero-order chi connectivity index (χ0) is 21.5. The molecule has 10 heteroatoms. The Kier molecular flexibility index (Phi) is 5.07. The highest BCUT2D eigenvalue weighted by Crippen LogP contribution is 2.32. The molecular weight excluding hydrogens is 416 g/mol. The number of amides is 1. The number of benzene rings is 2. The Bertz CT molecular complexity index is 1130. The lowest BCUT2D eigenvalue weighted by Crippen LogP contribution is -2.52. The molecule has 0 saturated carbocycles. The first-order valence-corrected chi connectivity index (χ1v) is 10.7. The second kappa shape index (κ2) is 7.44. The summed E-state index contributed by atoms with van der Waals surface area (Å²) in [7, 11) is -2.58. The molecule has 0 unspecified atom stereocenters. The fourth-order valence-corrected chi connectivity index (χ4v) is 5.15. The number of hydrogen-bond donors (Lipinski definition) is 1. The van der Waals surface area contributed by atoms with Crippen molar-refractivity contribution in [2.45, 2.75) is 23.4 Å². The van der Waals surface area contributed by atoms with Gasteiger partial charge in [0.1, 0.15) is 33.7 Å². The van der Waals surface area contributed by atoms with Gasteiger partial charge in [-0.15, -0.1) is 0 Å². The van der Waals surface area contributed by atoms with Gasteiger partial charge in [-0.3, -0.25) is 9.79 Å². The van der Waals surface area contributed by atoms with E-state index in [0.29, 0.717) is 17.4 Å². The Morgan fingerprint density at radius 2 is 1.77 bits per heavy atom. The molecule has 1 saturated heterocycles. The molecule has 0 bridgehead atoms. The first kappa shape index (κ1) is 20.4. The van der Waals surface area contributed by atoms with E-state index in [0.717, 1.165) is 16.4 Å². The molecule has 1 fully saturated rings. The van der Waals surface area contributed by atoms with Crippen LogP contribution in [0.3, 0.4) is 0 Å². The predicted octanol–water partition coefficient (Wildman–Crippen LogP) is 2.07. The molecule has 1 spiro atoms. The zero-order valence-electron chi connectivity index (χ0n) is 16.1. The Balaban J connectivity index is 1.53. The topological polar surface area (TPSA) is 88.1 Å². The van der Waals surface area contributed by atoms with Crippen LogP contribution in [0.15, 0.2) is 52.4 Å². The SMILES string of the molecule is COc1ccc(C2=NC3(CCN(S(=O)(=O)c4ccc(F)cc4F)CC3)NC2=O)cc1. The summed E-state index contributed by atoms with van der Waals surface area (Å²) < 4.78 is 58.9. The van der Waals surface area contributed by atoms with Gasteiger partial charge in [-0.05, 0) is 36.4 Å². The van der Waals surface area contributed by atoms with Crippen molar-refractivity contribution in [2.24, 2.45) is 4.99 Å². The van der Waals surface area contributed by atoms with Crippen LogP contribution < -0.4 is 10.1 Å². The number of carbonyl (C=O) groups excluding carboxylic acids is 1. The number of ether oxygens (including phenoxy) is 1. The van der Waals surface area contributed by atoms with Crippen molar-refractivity contribution in [2.75, 3.05) is 20.2 Å². The van der Waals surface area contributed by atoms with Crippen LogP contribution in [0.1, 0.15) is 18.4 Å². The molecule has 2 heterocycles. The van der Waals surface area contributed by atoms with Crippen molar-refractivity contribution in [1.82, 2.24) is 9.62 Å². The van der Waals surface area contributed by atoms with Gasteiger partial charge in [0.25, 0.3) is 5.91 Å². The van der Waals surface area contributed by atoms with E-state index < -0.39 is 32.2 Å². The third-order valence-electron chi connectivity index (χ3n) is 5.31. The predicted molar refractivity (Wildman–Crippen MR) is 105 cm³/mol. The normalized spacial score (nSPS) is 18.9. The van der Waals surface area contributed by atoms with Crippen molar-refractivity contribution in [1.29, 1.82) is 0 Å². The number of piperidine rings is 1. The number of nitrogens with one attached hydrogen (secondary N) is 1. The maximum absolute atomic E-state index is 14.0. The average Bonchev–Trinajstić information content (AvgIpc) is 3.03. The van der Waals surface area contributed by atoms with E-state index >= 15 is 0 Å². The van der Waals surface area contributed by atoms with Gasteiger partial charge in [-0.25, -0.2) is 17.2 Å². The first-order chi connectivity index (χ1) is 14.2. The summed E-state index contributed by atoms with van der Waals surface area (Å²) in [6, 6.07) is 9.28. The van der Waals surface area contributed by atoms with Crippen molar-refractivity contribution in [3.05, 3.63) is 59.7 Å². The van der Waals surface area contributed by atoms with Crippen molar-refractivity contribution in [3.8, 4) is 5.75 Å². The van der Waals surface area contributed by atoms with Crippen molar-refractivity contribution >= 4 is 21.6 Å². The molecule has 1 N–H and O–H groups in total. The average molecular weight is 435 g/mol. The summed E-state index contributed by atoms with van der Waals surface area (Å²) in [6.45, 7) is 0.0810. The zero-order valence-corrected chi connectivity index (χ0v) is 16.9. The van der Waals surface area contributed by atoms with E-state index in [9.17, 15) is 22.0 Å². The van der Waals surface area contributed by atoms with Crippen LogP contribution in [-0.2, 0) is 14.8 Å². The lowest BCUT2D eigenvalue weighted by molar-refractivity contribution is -0.115. The van der Waals surface area contributed by atoms with Crippen LogP contribution in [0.2, 0.25) is 0 Å². The summed E-state index contributed by atoms with van der Waals surface area (Å²) in [4.78, 5) is 16.5. The van der Waals surface area contributed by atoms with Gasteiger partial charge in [0, 0.05) is 37.6 Å². The third-order valence-corrected chi connectivity index (χ3v) is 7.24. The van der Waals surface area contributed by atoms with Gasteiger partial charge in [-0.2, -0.15) is 4.31 Å². The summed E-state index contributed by atoms with van der Waals surface area (Å²) in [5.41, 5.74) is 0.00633. The standard InChI is InChI=1S/C20H19F2N3O4S/c1-29-15-5-2-13(3-6-15)18-19(26)24-20(23-18)8-10-25(11-9-20)30(27,28)17-7-4-14(21)12-16(17)22/h2-7,12H,8-11H2,1H3,(H,24,26). The lowest BCUT2D eigenvalue weighted by atomic mass is 10.00. The van der Waals surface area contributed by atoms with Crippen molar-refractivity contribution < 1.29 is 26.7 Å². The molecule has 1 amide bonds. The van der Waals surface area contributed by atoms with Crippen LogP contribution in [0.5, 0.6) is 5.75 Å². The van der Waals surface area contributed by atoms with E-state index in [-0.39, 0.29) is 37.6 Å². The fraction of sp³-hybridized carbons (Fsp3) is 0.300. The fourth-order valence-electron chi connectivity index (χ4n) is 3.66. The van der Waals surface area contributed by atoms with Crippen LogP contribution in [-0.4, -0.2) is 50.2 Å². The van der Waals surface area contributed by atoms with E-state index in [2.05, 4.69) is 10.3 Å². The maximum atomic E-state index is 14.0. The Labute approximate surface area is 172 Å². The second-order valence-corrected chi connectivity index (χ2v) is 9.06. The maximum Gasteiger partial charge on any atom is 0.272 e. The smallest absolute Gasteiger partial charge is 0.272 e. The molecule has 0 aromatic heterocycles. The number of methoxy groups -OCH3 is 1. The number of halogens is 2. The van der Waals surface area contributed by atoms with Gasteiger partial charge >= 0.3 is 0 Å². The largest absolute Gasteiger partial charge is 0.497 e. The number of nitrogens with zero attached hydrogens (tertiary/aromatic N) is 2. The lowest BCUT2D eigenvalue weighted by Gasteiger charge is -2.36. The van der Waals surface area contributed by atoms with E-state index in [1.807, 2.05) is 0 Å². The summed E-state index contributed by atoms with van der Waals surface area (Å²) >= 11 is 0. The van der Waals surface area contributed by atoms with Gasteiger partial charge in [-0.1, -0.05) is 0 Å². The number of aliphatic imine (C=N–C) groups is 1. The summed E-state index contributed by atoms with van der Waals surface area (Å²) in [5.74, 6) is -1.66. The second-order valence-electron chi connectivity index (χ2n) is 7.15. The quantitative estimate of drug-likeness (QED) is 0.797. The summed E-state index contributed by atoms with van der Waals surface area (Å²) in [6.07, 6.45) is 0.473. The van der Waals surface area contributed by atoms with E-state index in [1.54, 1.807) is 31.4 Å². The molecule has 0 atom stereocenters. The van der Waals surface area contributed by atoms with Crippen molar-refractivity contribution in [3.63, 3.8) is 0 Å². The molecular formula is C20H19F2N3O4S. The van der Waals surface area contributed by atoms with Crippen LogP contribution >= 0.6 is 0 Å². The van der Waals surface area contributed by atoms with Crippen LogP contribution in [0.25, 0.3) is 0 Å². The number of carbonyl (C=O) groups is 1. The Morgan fingerprint density at radius 1 is 1.10 bits per heavy atom. The van der Waals surface area contributed by atoms with Gasteiger partial charge in [0.15, 0.2) is 0 Å². The molecule has 0 radical (unpaired) electrons. The molecule has 2 aliphatic rings. The Morgan fingerprint density at radius 3 is 2.37 bits per heavy atom. The third kappa shape index (κ3) is 3.56. The van der Waals surface area contributed by atoms with E-state index in [4.69, 9.17) is 4.74 Å².